The summed E-state index contributed by atoms with van der Waals surface area (Å²) in [4.78, 5) is 2.55. The quantitative estimate of drug-likeness (QED) is 0.818. The van der Waals surface area contributed by atoms with Crippen molar-refractivity contribution in [3.63, 3.8) is 0 Å². The highest BCUT2D eigenvalue weighted by atomic mass is 15.2. The molecule has 2 heteroatoms. The Labute approximate surface area is 105 Å². The van der Waals surface area contributed by atoms with E-state index >= 15 is 0 Å². The maximum absolute atomic E-state index is 2.55. The van der Waals surface area contributed by atoms with Gasteiger partial charge in [0.2, 0.25) is 0 Å². The molecule has 0 aliphatic carbocycles. The summed E-state index contributed by atoms with van der Waals surface area (Å²) >= 11 is 0. The molecule has 0 unspecified atom stereocenters. The number of rotatable bonds is 2. The van der Waals surface area contributed by atoms with Crippen LogP contribution < -0.4 is 5.32 Å². The Morgan fingerprint density at radius 2 is 1.65 bits per heavy atom. The second kappa shape index (κ2) is 5.19. The monoisotopic (exact) mass is 233 g/mol. The fourth-order valence-corrected chi connectivity index (χ4v) is 2.33. The van der Waals surface area contributed by atoms with Crippen LogP contribution in [0.3, 0.4) is 0 Å². The zero-order valence-corrected chi connectivity index (χ0v) is 11.4. The lowest BCUT2D eigenvalue weighted by atomic mass is 9.87. The van der Waals surface area contributed by atoms with Crippen LogP contribution in [0.1, 0.15) is 31.9 Å². The van der Waals surface area contributed by atoms with Gasteiger partial charge in [0, 0.05) is 19.6 Å². The third-order valence-electron chi connectivity index (χ3n) is 3.53. The molecule has 0 spiro atoms. The molecule has 0 bridgehead atoms. The zero-order chi connectivity index (χ0) is 12.3. The van der Waals surface area contributed by atoms with Crippen LogP contribution in [0.5, 0.6) is 0 Å². The lowest BCUT2D eigenvalue weighted by molar-refractivity contribution is -0.663. The molecule has 1 aromatic carbocycles. The summed E-state index contributed by atoms with van der Waals surface area (Å²) in [6, 6.07) is 9.15. The van der Waals surface area contributed by atoms with Gasteiger partial charge in [-0.1, -0.05) is 45.0 Å². The molecule has 1 aromatic rings. The number of quaternary nitrogens is 1. The summed E-state index contributed by atoms with van der Waals surface area (Å²) in [5, 5.41) is 2.40. The third-order valence-corrected chi connectivity index (χ3v) is 3.53. The van der Waals surface area contributed by atoms with Crippen LogP contribution >= 0.6 is 0 Å². The average molecular weight is 233 g/mol. The second-order valence-electron chi connectivity index (χ2n) is 6.09. The van der Waals surface area contributed by atoms with Crippen molar-refractivity contribution in [3.05, 3.63) is 35.4 Å². The molecule has 17 heavy (non-hydrogen) atoms. The molecule has 0 saturated carbocycles. The average Bonchev–Trinajstić information content (AvgIpc) is 2.30. The van der Waals surface area contributed by atoms with E-state index in [4.69, 9.17) is 0 Å². The molecule has 0 aromatic heterocycles. The summed E-state index contributed by atoms with van der Waals surface area (Å²) in [5.41, 5.74) is 3.13. The van der Waals surface area contributed by atoms with Gasteiger partial charge < -0.3 is 5.32 Å². The van der Waals surface area contributed by atoms with Gasteiger partial charge in [-0.25, -0.2) is 0 Å². The predicted molar refractivity (Wildman–Crippen MR) is 72.1 cm³/mol. The summed E-state index contributed by atoms with van der Waals surface area (Å²) in [6.07, 6.45) is 0. The minimum absolute atomic E-state index is 0.263. The van der Waals surface area contributed by atoms with Gasteiger partial charge in [0.05, 0.1) is 13.1 Å². The first-order valence-electron chi connectivity index (χ1n) is 6.69. The number of nitrogens with two attached hydrogens (primary N) is 1. The number of benzene rings is 1. The number of hydrogen-bond donors (Lipinski definition) is 1. The second-order valence-corrected chi connectivity index (χ2v) is 6.09. The largest absolute Gasteiger partial charge is 0.344 e. The van der Waals surface area contributed by atoms with E-state index in [0.29, 0.717) is 0 Å². The van der Waals surface area contributed by atoms with E-state index in [9.17, 15) is 0 Å². The van der Waals surface area contributed by atoms with Crippen molar-refractivity contribution in [2.45, 2.75) is 32.7 Å². The lowest BCUT2D eigenvalue weighted by Gasteiger charge is -2.25. The lowest BCUT2D eigenvalue weighted by Crippen LogP contribution is -2.89. The van der Waals surface area contributed by atoms with Crippen molar-refractivity contribution in [2.24, 2.45) is 0 Å². The van der Waals surface area contributed by atoms with E-state index in [1.807, 2.05) is 0 Å². The van der Waals surface area contributed by atoms with Crippen molar-refractivity contribution in [1.82, 2.24) is 4.90 Å². The van der Waals surface area contributed by atoms with Crippen LogP contribution in [0.4, 0.5) is 0 Å². The van der Waals surface area contributed by atoms with Gasteiger partial charge in [0.1, 0.15) is 0 Å². The predicted octanol–water partition coefficient (Wildman–Crippen LogP) is 1.36. The molecule has 1 saturated heterocycles. The fourth-order valence-electron chi connectivity index (χ4n) is 2.33. The Bertz CT molecular complexity index is 342. The van der Waals surface area contributed by atoms with E-state index < -0.39 is 0 Å². The molecule has 1 fully saturated rings. The third kappa shape index (κ3) is 3.55. The zero-order valence-electron chi connectivity index (χ0n) is 11.4. The highest BCUT2D eigenvalue weighted by molar-refractivity contribution is 5.27. The van der Waals surface area contributed by atoms with Gasteiger partial charge in [-0.3, -0.25) is 4.90 Å². The molecule has 1 aliphatic rings. The SMILES string of the molecule is CC(C)(C)c1ccc(CN2CC[NH2+]CC2)cc1. The number of piperazine rings is 1. The smallest absolute Gasteiger partial charge is 0.0885 e. The van der Waals surface area contributed by atoms with Gasteiger partial charge in [0.15, 0.2) is 0 Å². The van der Waals surface area contributed by atoms with E-state index in [2.05, 4.69) is 55.3 Å². The van der Waals surface area contributed by atoms with Crippen LogP contribution in [0, 0.1) is 0 Å². The minimum Gasteiger partial charge on any atom is -0.344 e. The molecule has 1 aliphatic heterocycles. The van der Waals surface area contributed by atoms with Crippen molar-refractivity contribution in [2.75, 3.05) is 26.2 Å². The Morgan fingerprint density at radius 3 is 2.18 bits per heavy atom. The van der Waals surface area contributed by atoms with Crippen LogP contribution in [-0.4, -0.2) is 31.1 Å². The van der Waals surface area contributed by atoms with Gasteiger partial charge in [-0.15, -0.1) is 0 Å². The molecule has 1 heterocycles. The molecular weight excluding hydrogens is 208 g/mol. The van der Waals surface area contributed by atoms with E-state index in [0.717, 1.165) is 6.54 Å². The van der Waals surface area contributed by atoms with Crippen LogP contribution in [0.15, 0.2) is 24.3 Å². The molecule has 2 nitrogen and oxygen atoms in total. The minimum atomic E-state index is 0.263. The van der Waals surface area contributed by atoms with Crippen molar-refractivity contribution in [3.8, 4) is 0 Å². The Kier molecular flexibility index (Phi) is 3.85. The van der Waals surface area contributed by atoms with Crippen LogP contribution in [-0.2, 0) is 12.0 Å². The van der Waals surface area contributed by atoms with Crippen LogP contribution in [0.25, 0.3) is 0 Å². The first-order valence-corrected chi connectivity index (χ1v) is 6.69. The van der Waals surface area contributed by atoms with Crippen molar-refractivity contribution >= 4 is 0 Å². The van der Waals surface area contributed by atoms with Gasteiger partial charge >= 0.3 is 0 Å². The first-order chi connectivity index (χ1) is 8.05. The first kappa shape index (κ1) is 12.6. The van der Waals surface area contributed by atoms with Gasteiger partial charge in [0.25, 0.3) is 0 Å². The van der Waals surface area contributed by atoms with E-state index in [-0.39, 0.29) is 5.41 Å². The molecular formula is C15H25N2+. The normalized spacial score (nSPS) is 18.3. The summed E-state index contributed by atoms with van der Waals surface area (Å²) in [7, 11) is 0. The Morgan fingerprint density at radius 1 is 1.06 bits per heavy atom. The Balaban J connectivity index is 1.98. The number of hydrogen-bond acceptors (Lipinski definition) is 1. The maximum Gasteiger partial charge on any atom is 0.0885 e. The molecule has 0 amide bonds. The van der Waals surface area contributed by atoms with E-state index in [1.165, 1.54) is 37.3 Å². The Hall–Kier alpha value is -0.860. The van der Waals surface area contributed by atoms with Crippen LogP contribution in [0.2, 0.25) is 0 Å². The summed E-state index contributed by atoms with van der Waals surface area (Å²) in [5.74, 6) is 0. The standard InChI is InChI=1S/C15H24N2/c1-15(2,3)14-6-4-13(5-7-14)12-17-10-8-16-9-11-17/h4-7,16H,8-12H2,1-3H3/p+1. The topological polar surface area (TPSA) is 19.9 Å². The highest BCUT2D eigenvalue weighted by Crippen LogP contribution is 2.22. The van der Waals surface area contributed by atoms with Gasteiger partial charge in [-0.2, -0.15) is 0 Å². The maximum atomic E-state index is 2.55. The van der Waals surface area contributed by atoms with Gasteiger partial charge in [-0.05, 0) is 16.5 Å². The summed E-state index contributed by atoms with van der Waals surface area (Å²) in [6.45, 7) is 12.9. The molecule has 2 rings (SSSR count). The molecule has 0 radical (unpaired) electrons. The molecule has 0 atom stereocenters. The van der Waals surface area contributed by atoms with E-state index in [1.54, 1.807) is 0 Å². The number of nitrogens with zero attached hydrogens (tertiary/aromatic N) is 1. The fraction of sp³-hybridized carbons (Fsp3) is 0.600. The van der Waals surface area contributed by atoms with Crippen molar-refractivity contribution < 1.29 is 5.32 Å². The van der Waals surface area contributed by atoms with Crippen molar-refractivity contribution in [1.29, 1.82) is 0 Å². The molecule has 2 N–H and O–H groups in total. The highest BCUT2D eigenvalue weighted by Gasteiger charge is 2.14. The summed E-state index contributed by atoms with van der Waals surface area (Å²) < 4.78 is 0. The molecule has 94 valence electrons.